The number of hydrogen-bond donors (Lipinski definition) is 1. The SMILES string of the molecule is C[C@H](CCC(=O)Oc1c(C(C)(C)C)cc(SC(C)(C)Sc2cc(C(C)(C)C)c(O)c(C(C)(C)C)c2)cc1C(C)(C)C)[C@H]1CC[C@H]2[C@@H]3CC[C@@H]4CCCC[C@]4(C)[C@H]3CC[C@]12C. The van der Waals surface area contributed by atoms with Crippen molar-refractivity contribution in [3.63, 3.8) is 0 Å². The molecular formula is C55H86O3S2. The lowest BCUT2D eigenvalue weighted by Gasteiger charge is -2.61. The highest BCUT2D eigenvalue weighted by Gasteiger charge is 2.60. The van der Waals surface area contributed by atoms with Gasteiger partial charge >= 0.3 is 5.97 Å². The van der Waals surface area contributed by atoms with Gasteiger partial charge in [-0.1, -0.05) is 117 Å². The molecule has 4 aliphatic carbocycles. The van der Waals surface area contributed by atoms with Crippen LogP contribution in [0.5, 0.6) is 11.5 Å². The quantitative estimate of drug-likeness (QED) is 0.118. The Labute approximate surface area is 376 Å². The molecule has 0 aromatic heterocycles. The molecule has 0 amide bonds. The lowest BCUT2D eigenvalue weighted by Crippen LogP contribution is -2.53. The number of phenols is 1. The van der Waals surface area contributed by atoms with E-state index in [0.717, 1.165) is 58.1 Å². The van der Waals surface area contributed by atoms with E-state index in [4.69, 9.17) is 4.74 Å². The second-order valence-corrected chi connectivity index (χ2v) is 29.1. The van der Waals surface area contributed by atoms with Crippen LogP contribution in [0.3, 0.4) is 0 Å². The van der Waals surface area contributed by atoms with Crippen LogP contribution in [0.2, 0.25) is 0 Å². The maximum atomic E-state index is 14.1. The van der Waals surface area contributed by atoms with Gasteiger partial charge in [0.25, 0.3) is 0 Å². The van der Waals surface area contributed by atoms with Crippen LogP contribution in [-0.2, 0) is 26.5 Å². The standard InChI is InChI=1S/C55H86O3S2/c1-34(39-24-25-40-38-23-22-35-20-18-19-28-54(35,16)41(38)27-29-55(39,40)17)21-26-46(56)58-48-44(51(8,9)10)32-37(33-45(48)52(11,12)13)60-53(14,15)59-36-30-42(49(2,3)4)47(57)43(31-36)50(5,6)7/h30-35,38-41,57H,18-29H2,1-17H3/t34-,35+,38+,39-,40+,41+,54+,55-/m1/s1. The molecule has 60 heavy (non-hydrogen) atoms. The molecular weight excluding hydrogens is 773 g/mol. The lowest BCUT2D eigenvalue weighted by molar-refractivity contribution is -0.135. The Kier molecular flexibility index (Phi) is 13.4. The van der Waals surface area contributed by atoms with Crippen LogP contribution < -0.4 is 4.74 Å². The van der Waals surface area contributed by atoms with E-state index < -0.39 is 0 Å². The first-order valence-corrected chi connectivity index (χ1v) is 25.7. The molecule has 6 rings (SSSR count). The average Bonchev–Trinajstić information content (AvgIpc) is 3.46. The Morgan fingerprint density at radius 3 is 1.68 bits per heavy atom. The van der Waals surface area contributed by atoms with Gasteiger partial charge in [0, 0.05) is 38.5 Å². The molecule has 0 heterocycles. The van der Waals surface area contributed by atoms with E-state index in [1.807, 2.05) is 23.5 Å². The van der Waals surface area contributed by atoms with Gasteiger partial charge in [0.2, 0.25) is 0 Å². The molecule has 5 heteroatoms. The summed E-state index contributed by atoms with van der Waals surface area (Å²) in [6, 6.07) is 8.98. The Balaban J connectivity index is 1.19. The highest BCUT2D eigenvalue weighted by atomic mass is 32.2. The monoisotopic (exact) mass is 859 g/mol. The van der Waals surface area contributed by atoms with Crippen molar-refractivity contribution in [2.24, 2.45) is 46.3 Å². The number of rotatable bonds is 9. The Bertz CT molecular complexity index is 1810. The second kappa shape index (κ2) is 16.8. The Hall–Kier alpha value is -1.59. The molecule has 0 unspecified atom stereocenters. The molecule has 2 aromatic carbocycles. The summed E-state index contributed by atoms with van der Waals surface area (Å²) in [6.45, 7) is 38.9. The van der Waals surface area contributed by atoms with E-state index in [9.17, 15) is 9.90 Å². The van der Waals surface area contributed by atoms with Crippen LogP contribution in [0, 0.1) is 46.3 Å². The fourth-order valence-electron chi connectivity index (χ4n) is 13.3. The third-order valence-electron chi connectivity index (χ3n) is 16.5. The fourth-order valence-corrected chi connectivity index (χ4v) is 15.9. The molecule has 3 nitrogen and oxygen atoms in total. The molecule has 0 spiro atoms. The number of carbonyl (C=O) groups excluding carboxylic acids is 1. The van der Waals surface area contributed by atoms with E-state index in [0.29, 0.717) is 34.8 Å². The molecule has 0 radical (unpaired) electrons. The van der Waals surface area contributed by atoms with Gasteiger partial charge < -0.3 is 9.84 Å². The van der Waals surface area contributed by atoms with Gasteiger partial charge in [0.15, 0.2) is 0 Å². The minimum Gasteiger partial charge on any atom is -0.507 e. The maximum absolute atomic E-state index is 14.1. The molecule has 4 aliphatic rings. The molecule has 0 bridgehead atoms. The number of ether oxygens (including phenoxy) is 1. The third-order valence-corrected chi connectivity index (χ3v) is 18.9. The number of thioether (sulfide) groups is 2. The second-order valence-electron chi connectivity index (χ2n) is 25.4. The molecule has 2 aromatic rings. The van der Waals surface area contributed by atoms with E-state index in [1.165, 1.54) is 74.0 Å². The van der Waals surface area contributed by atoms with Gasteiger partial charge in [0.05, 0.1) is 4.08 Å². The number of esters is 1. The van der Waals surface area contributed by atoms with Crippen molar-refractivity contribution in [3.8, 4) is 11.5 Å². The van der Waals surface area contributed by atoms with Gasteiger partial charge in [-0.3, -0.25) is 4.79 Å². The van der Waals surface area contributed by atoms with Crippen molar-refractivity contribution >= 4 is 29.5 Å². The normalized spacial score (nSPS) is 29.4. The number of aromatic hydroxyl groups is 1. The van der Waals surface area contributed by atoms with Crippen molar-refractivity contribution in [2.75, 3.05) is 0 Å². The fraction of sp³-hybridized carbons (Fsp3) is 0.764. The highest BCUT2D eigenvalue weighted by molar-refractivity contribution is 8.18. The van der Waals surface area contributed by atoms with Gasteiger partial charge in [-0.2, -0.15) is 0 Å². The molecule has 336 valence electrons. The third kappa shape index (κ3) is 9.73. The first-order valence-electron chi connectivity index (χ1n) is 24.1. The summed E-state index contributed by atoms with van der Waals surface area (Å²) in [6.07, 6.45) is 15.7. The van der Waals surface area contributed by atoms with Crippen LogP contribution in [0.25, 0.3) is 0 Å². The smallest absolute Gasteiger partial charge is 0.311 e. The maximum Gasteiger partial charge on any atom is 0.311 e. The molecule has 4 saturated carbocycles. The summed E-state index contributed by atoms with van der Waals surface area (Å²) in [5.41, 5.74) is 4.34. The molecule has 8 atom stereocenters. The number of hydrogen-bond acceptors (Lipinski definition) is 5. The summed E-state index contributed by atoms with van der Waals surface area (Å²) in [5, 5.41) is 11.4. The van der Waals surface area contributed by atoms with Crippen molar-refractivity contribution in [1.29, 1.82) is 0 Å². The Morgan fingerprint density at radius 1 is 0.667 bits per heavy atom. The summed E-state index contributed by atoms with van der Waals surface area (Å²) in [5.74, 6) is 6.00. The Morgan fingerprint density at radius 2 is 1.17 bits per heavy atom. The zero-order valence-electron chi connectivity index (χ0n) is 41.3. The number of fused-ring (bicyclic) bond motifs is 5. The van der Waals surface area contributed by atoms with E-state index in [1.54, 1.807) is 0 Å². The molecule has 0 aliphatic heterocycles. The predicted octanol–water partition coefficient (Wildman–Crippen LogP) is 16.6. The van der Waals surface area contributed by atoms with Crippen LogP contribution in [0.15, 0.2) is 34.1 Å². The first kappa shape index (κ1) is 47.9. The van der Waals surface area contributed by atoms with Crippen molar-refractivity contribution in [1.82, 2.24) is 0 Å². The topological polar surface area (TPSA) is 46.5 Å². The van der Waals surface area contributed by atoms with Crippen LogP contribution in [-0.4, -0.2) is 15.2 Å². The summed E-state index contributed by atoms with van der Waals surface area (Å²) in [7, 11) is 0. The average molecular weight is 859 g/mol. The zero-order valence-corrected chi connectivity index (χ0v) is 43.0. The van der Waals surface area contributed by atoms with Gasteiger partial charge in [-0.05, 0) is 164 Å². The molecule has 4 fully saturated rings. The predicted molar refractivity (Wildman–Crippen MR) is 259 cm³/mol. The first-order chi connectivity index (χ1) is 27.5. The van der Waals surface area contributed by atoms with E-state index >= 15 is 0 Å². The van der Waals surface area contributed by atoms with Crippen LogP contribution in [0.1, 0.15) is 217 Å². The van der Waals surface area contributed by atoms with E-state index in [-0.39, 0.29) is 31.7 Å². The number of benzene rings is 2. The lowest BCUT2D eigenvalue weighted by atomic mass is 9.44. The van der Waals surface area contributed by atoms with E-state index in [2.05, 4.69) is 142 Å². The largest absolute Gasteiger partial charge is 0.507 e. The molecule has 0 saturated heterocycles. The van der Waals surface area contributed by atoms with Gasteiger partial charge in [-0.25, -0.2) is 0 Å². The highest BCUT2D eigenvalue weighted by Crippen LogP contribution is 2.68. The molecule has 1 N–H and O–H groups in total. The van der Waals surface area contributed by atoms with Crippen LogP contribution in [0.4, 0.5) is 0 Å². The van der Waals surface area contributed by atoms with Crippen molar-refractivity contribution < 1.29 is 14.6 Å². The zero-order chi connectivity index (χ0) is 44.6. The van der Waals surface area contributed by atoms with Crippen LogP contribution >= 0.6 is 23.5 Å². The number of carbonyl (C=O) groups is 1. The van der Waals surface area contributed by atoms with Crippen molar-refractivity contribution in [2.45, 2.75) is 230 Å². The van der Waals surface area contributed by atoms with Crippen molar-refractivity contribution in [3.05, 3.63) is 46.5 Å². The summed E-state index contributed by atoms with van der Waals surface area (Å²) in [4.78, 5) is 16.5. The van der Waals surface area contributed by atoms with Gasteiger partial charge in [-0.15, -0.1) is 23.5 Å². The summed E-state index contributed by atoms with van der Waals surface area (Å²) >= 11 is 3.72. The van der Waals surface area contributed by atoms with Gasteiger partial charge in [0.1, 0.15) is 11.5 Å². The summed E-state index contributed by atoms with van der Waals surface area (Å²) < 4.78 is 6.39. The minimum absolute atomic E-state index is 0.0854. The number of phenolic OH excluding ortho intramolecular Hbond substituents is 1. The minimum atomic E-state index is -0.225.